The van der Waals surface area contributed by atoms with Crippen molar-refractivity contribution in [3.8, 4) is 0 Å². The number of aromatic nitrogens is 1. The van der Waals surface area contributed by atoms with Gasteiger partial charge in [-0.05, 0) is 35.4 Å². The van der Waals surface area contributed by atoms with Crippen LogP contribution >= 0.6 is 0 Å². The molecule has 2 N–H and O–H groups in total. The third kappa shape index (κ3) is 4.14. The quantitative estimate of drug-likeness (QED) is 0.436. The number of carbonyl (C=O) groups is 2. The fourth-order valence-corrected chi connectivity index (χ4v) is 3.68. The van der Waals surface area contributed by atoms with Crippen molar-refractivity contribution in [2.75, 3.05) is 0 Å². The lowest BCUT2D eigenvalue weighted by molar-refractivity contribution is -0.143. The summed E-state index contributed by atoms with van der Waals surface area (Å²) in [6, 6.07) is 6.39. The third-order valence-electron chi connectivity index (χ3n) is 5.19. The third-order valence-corrected chi connectivity index (χ3v) is 5.19. The van der Waals surface area contributed by atoms with Crippen LogP contribution in [0.3, 0.4) is 0 Å². The lowest BCUT2D eigenvalue weighted by Crippen LogP contribution is -2.32. The molecule has 0 saturated carbocycles. The summed E-state index contributed by atoms with van der Waals surface area (Å²) in [5, 5.41) is 3.28. The van der Waals surface area contributed by atoms with Crippen molar-refractivity contribution in [2.24, 2.45) is 0 Å². The lowest BCUT2D eigenvalue weighted by Gasteiger charge is -2.17. The molecule has 1 aromatic heterocycles. The molecule has 1 aliphatic rings. The summed E-state index contributed by atoms with van der Waals surface area (Å²) >= 11 is 0. The molecule has 1 saturated heterocycles. The highest BCUT2D eigenvalue weighted by Crippen LogP contribution is 2.36. The number of hydrogen-bond donors (Lipinski definition) is 2. The molecule has 0 spiro atoms. The fraction of sp³-hybridized carbons (Fsp3) is 0.238. The van der Waals surface area contributed by atoms with Gasteiger partial charge in [0.15, 0.2) is 0 Å². The zero-order valence-corrected chi connectivity index (χ0v) is 16.1. The van der Waals surface area contributed by atoms with Crippen LogP contribution in [0.2, 0.25) is 0 Å². The monoisotopic (exact) mass is 455 g/mol. The number of H-pyrrole nitrogens is 1. The van der Waals surface area contributed by atoms with E-state index in [0.29, 0.717) is 17.0 Å². The van der Waals surface area contributed by atoms with Crippen molar-refractivity contribution in [1.82, 2.24) is 15.2 Å². The van der Waals surface area contributed by atoms with Gasteiger partial charge in [-0.25, -0.2) is 4.79 Å². The summed E-state index contributed by atoms with van der Waals surface area (Å²) < 4.78 is 78.4. The molecule has 1 fully saturated rings. The van der Waals surface area contributed by atoms with Crippen LogP contribution in [0.1, 0.15) is 22.3 Å². The molecule has 3 aromatic rings. The van der Waals surface area contributed by atoms with Gasteiger partial charge >= 0.3 is 18.4 Å². The number of imide groups is 1. The minimum absolute atomic E-state index is 0.00477. The minimum Gasteiger partial charge on any atom is -0.361 e. The van der Waals surface area contributed by atoms with Gasteiger partial charge in [0.25, 0.3) is 5.91 Å². The Bertz CT molecular complexity index is 1170. The SMILES string of the molecule is O=C1NC(Cc2c[nH]c3ccccc23)C(=O)N1Cc1cc(C(F)(F)F)cc(C(F)(F)F)c1. The van der Waals surface area contributed by atoms with Crippen LogP contribution in [0.4, 0.5) is 31.1 Å². The second-order valence-corrected chi connectivity index (χ2v) is 7.40. The van der Waals surface area contributed by atoms with Gasteiger partial charge in [0.2, 0.25) is 0 Å². The Morgan fingerprint density at radius 3 is 2.16 bits per heavy atom. The molecule has 1 atom stereocenters. The predicted octanol–water partition coefficient (Wildman–Crippen LogP) is 4.87. The highest BCUT2D eigenvalue weighted by Gasteiger charge is 2.40. The second kappa shape index (κ2) is 7.57. The van der Waals surface area contributed by atoms with E-state index in [9.17, 15) is 35.9 Å². The Morgan fingerprint density at radius 2 is 1.53 bits per heavy atom. The number of amides is 3. The minimum atomic E-state index is -5.02. The molecule has 3 amide bonds. The van der Waals surface area contributed by atoms with E-state index in [4.69, 9.17) is 0 Å². The van der Waals surface area contributed by atoms with E-state index in [-0.39, 0.29) is 12.5 Å². The molecule has 0 radical (unpaired) electrons. The summed E-state index contributed by atoms with van der Waals surface area (Å²) in [6.07, 6.45) is -8.26. The Labute approximate surface area is 177 Å². The summed E-state index contributed by atoms with van der Waals surface area (Å²) in [7, 11) is 0. The molecule has 1 aliphatic heterocycles. The molecular formula is C21H15F6N3O2. The van der Waals surface area contributed by atoms with Gasteiger partial charge in [-0.3, -0.25) is 9.69 Å². The molecule has 4 rings (SSSR count). The number of aromatic amines is 1. The standard InChI is InChI=1S/C21H15F6N3O2/c22-20(23,24)13-5-11(6-14(8-13)21(25,26)27)10-30-18(31)17(29-19(30)32)7-12-9-28-16-4-2-1-3-15(12)16/h1-6,8-9,17,28H,7,10H2,(H,29,32). The van der Waals surface area contributed by atoms with Gasteiger partial charge in [-0.15, -0.1) is 0 Å². The first-order valence-corrected chi connectivity index (χ1v) is 9.39. The number of para-hydroxylation sites is 1. The van der Waals surface area contributed by atoms with Crippen molar-refractivity contribution >= 4 is 22.8 Å². The van der Waals surface area contributed by atoms with Crippen LogP contribution in [0, 0.1) is 0 Å². The number of benzene rings is 2. The number of fused-ring (bicyclic) bond motifs is 1. The van der Waals surface area contributed by atoms with E-state index >= 15 is 0 Å². The Balaban J connectivity index is 1.58. The summed E-state index contributed by atoms with van der Waals surface area (Å²) in [5.41, 5.74) is -1.92. The maximum Gasteiger partial charge on any atom is 0.416 e. The highest BCUT2D eigenvalue weighted by molar-refractivity contribution is 6.04. The molecule has 0 aliphatic carbocycles. The number of alkyl halides is 6. The number of nitrogens with zero attached hydrogens (tertiary/aromatic N) is 1. The number of nitrogens with one attached hydrogen (secondary N) is 2. The van der Waals surface area contributed by atoms with Crippen molar-refractivity contribution in [3.63, 3.8) is 0 Å². The van der Waals surface area contributed by atoms with E-state index in [1.165, 1.54) is 0 Å². The van der Waals surface area contributed by atoms with Crippen molar-refractivity contribution < 1.29 is 35.9 Å². The fourth-order valence-electron chi connectivity index (χ4n) is 3.68. The number of hydrogen-bond acceptors (Lipinski definition) is 2. The zero-order valence-electron chi connectivity index (χ0n) is 16.1. The lowest BCUT2D eigenvalue weighted by atomic mass is 10.0. The molecule has 2 aromatic carbocycles. The van der Waals surface area contributed by atoms with Gasteiger partial charge in [0, 0.05) is 23.5 Å². The number of urea groups is 1. The summed E-state index contributed by atoms with van der Waals surface area (Å²) in [5.74, 6) is -0.730. The van der Waals surface area contributed by atoms with Gasteiger partial charge in [0.1, 0.15) is 6.04 Å². The largest absolute Gasteiger partial charge is 0.416 e. The number of carbonyl (C=O) groups excluding carboxylic acids is 2. The first kappa shape index (κ1) is 21.7. The van der Waals surface area contributed by atoms with Gasteiger partial charge < -0.3 is 10.3 Å². The molecule has 32 heavy (non-hydrogen) atoms. The van der Waals surface area contributed by atoms with Crippen LogP contribution in [-0.2, 0) is 30.1 Å². The van der Waals surface area contributed by atoms with Crippen molar-refractivity contribution in [3.05, 3.63) is 70.9 Å². The second-order valence-electron chi connectivity index (χ2n) is 7.40. The van der Waals surface area contributed by atoms with Gasteiger partial charge in [-0.2, -0.15) is 26.3 Å². The molecule has 0 bridgehead atoms. The highest BCUT2D eigenvalue weighted by atomic mass is 19.4. The van der Waals surface area contributed by atoms with E-state index in [0.717, 1.165) is 16.5 Å². The normalized spacial score (nSPS) is 17.3. The Hall–Kier alpha value is -3.50. The van der Waals surface area contributed by atoms with E-state index in [1.54, 1.807) is 12.3 Å². The maximum atomic E-state index is 13.1. The average molecular weight is 455 g/mol. The Morgan fingerprint density at radius 1 is 0.906 bits per heavy atom. The maximum absolute atomic E-state index is 13.1. The molecule has 1 unspecified atom stereocenters. The molecular weight excluding hydrogens is 440 g/mol. The van der Waals surface area contributed by atoms with E-state index < -0.39 is 53.6 Å². The molecule has 2 heterocycles. The summed E-state index contributed by atoms with van der Waals surface area (Å²) in [6.45, 7) is -0.720. The Kier molecular flexibility index (Phi) is 5.14. The molecule has 11 heteroatoms. The van der Waals surface area contributed by atoms with Gasteiger partial charge in [0.05, 0.1) is 17.7 Å². The van der Waals surface area contributed by atoms with E-state index in [1.807, 2.05) is 18.2 Å². The van der Waals surface area contributed by atoms with Crippen LogP contribution in [0.25, 0.3) is 10.9 Å². The van der Waals surface area contributed by atoms with Crippen LogP contribution in [-0.4, -0.2) is 27.9 Å². The smallest absolute Gasteiger partial charge is 0.361 e. The summed E-state index contributed by atoms with van der Waals surface area (Å²) in [4.78, 5) is 28.7. The zero-order chi connectivity index (χ0) is 23.3. The average Bonchev–Trinajstić information content (AvgIpc) is 3.23. The van der Waals surface area contributed by atoms with Crippen LogP contribution < -0.4 is 5.32 Å². The number of halogens is 6. The van der Waals surface area contributed by atoms with Gasteiger partial charge in [-0.1, -0.05) is 18.2 Å². The van der Waals surface area contributed by atoms with Crippen molar-refractivity contribution in [2.45, 2.75) is 31.4 Å². The van der Waals surface area contributed by atoms with Crippen LogP contribution in [0.15, 0.2) is 48.7 Å². The first-order chi connectivity index (χ1) is 14.9. The predicted molar refractivity (Wildman–Crippen MR) is 101 cm³/mol. The first-order valence-electron chi connectivity index (χ1n) is 9.39. The van der Waals surface area contributed by atoms with Crippen LogP contribution in [0.5, 0.6) is 0 Å². The molecule has 168 valence electrons. The topological polar surface area (TPSA) is 65.2 Å². The van der Waals surface area contributed by atoms with Crippen molar-refractivity contribution in [1.29, 1.82) is 0 Å². The number of rotatable bonds is 4. The van der Waals surface area contributed by atoms with E-state index in [2.05, 4.69) is 10.3 Å². The molecule has 5 nitrogen and oxygen atoms in total.